The molecule has 1 atom stereocenters. The van der Waals surface area contributed by atoms with Crippen LogP contribution in [0, 0.1) is 29.1 Å². The number of nitriles is 1. The van der Waals surface area contributed by atoms with Gasteiger partial charge >= 0.3 is 0 Å². The molecule has 36 heavy (non-hydrogen) atoms. The Morgan fingerprint density at radius 2 is 1.19 bits per heavy atom. The number of hydrogen-bond donors (Lipinski definition) is 0. The quantitative estimate of drug-likeness (QED) is 0.217. The number of unbranched alkanes of at least 4 members (excludes halogenated alkanes) is 6. The van der Waals surface area contributed by atoms with Crippen LogP contribution in [0.15, 0.2) is 48.5 Å². The van der Waals surface area contributed by atoms with Crippen molar-refractivity contribution in [2.24, 2.45) is 17.8 Å². The molecule has 1 nitrogen and oxygen atoms in total. The summed E-state index contributed by atoms with van der Waals surface area (Å²) in [5.41, 5.74) is 5.40. The molecule has 1 heteroatoms. The van der Waals surface area contributed by atoms with Gasteiger partial charge in [0.15, 0.2) is 0 Å². The van der Waals surface area contributed by atoms with E-state index in [2.05, 4.69) is 68.4 Å². The Balaban J connectivity index is 1.37. The Morgan fingerprint density at radius 1 is 0.667 bits per heavy atom. The molecular formula is C35H51N. The van der Waals surface area contributed by atoms with E-state index in [9.17, 15) is 5.26 Å². The van der Waals surface area contributed by atoms with Crippen LogP contribution >= 0.6 is 0 Å². The normalized spacial score (nSPS) is 18.6. The van der Waals surface area contributed by atoms with Gasteiger partial charge in [-0.25, -0.2) is 0 Å². The minimum absolute atomic E-state index is 0.209. The molecule has 1 fully saturated rings. The third-order valence-electron chi connectivity index (χ3n) is 8.57. The van der Waals surface area contributed by atoms with Crippen LogP contribution in [0.4, 0.5) is 0 Å². The van der Waals surface area contributed by atoms with Crippen LogP contribution in [0.5, 0.6) is 0 Å². The lowest BCUT2D eigenvalue weighted by Crippen LogP contribution is -2.17. The van der Waals surface area contributed by atoms with Gasteiger partial charge in [0, 0.05) is 5.92 Å². The second-order valence-electron chi connectivity index (χ2n) is 11.5. The van der Waals surface area contributed by atoms with E-state index in [1.165, 1.54) is 112 Å². The first-order valence-electron chi connectivity index (χ1n) is 15.3. The molecule has 196 valence electrons. The van der Waals surface area contributed by atoms with Crippen molar-refractivity contribution in [3.8, 4) is 17.2 Å². The van der Waals surface area contributed by atoms with E-state index < -0.39 is 0 Å². The van der Waals surface area contributed by atoms with Crippen LogP contribution < -0.4 is 0 Å². The van der Waals surface area contributed by atoms with E-state index in [4.69, 9.17) is 0 Å². The molecule has 0 spiro atoms. The summed E-state index contributed by atoms with van der Waals surface area (Å²) in [5, 5.41) is 9.81. The topological polar surface area (TPSA) is 23.8 Å². The zero-order valence-electron chi connectivity index (χ0n) is 23.3. The molecule has 0 bridgehead atoms. The summed E-state index contributed by atoms with van der Waals surface area (Å²) in [7, 11) is 0. The second kappa shape index (κ2) is 16.6. The summed E-state index contributed by atoms with van der Waals surface area (Å²) < 4.78 is 0. The van der Waals surface area contributed by atoms with Crippen molar-refractivity contribution in [3.63, 3.8) is 0 Å². The number of benzene rings is 2. The summed E-state index contributed by atoms with van der Waals surface area (Å²) in [5.74, 6) is 1.94. The maximum Gasteiger partial charge on any atom is 0.0656 e. The van der Waals surface area contributed by atoms with Crippen LogP contribution in [0.2, 0.25) is 0 Å². The Labute approximate surface area is 222 Å². The maximum absolute atomic E-state index is 9.81. The Bertz CT molecular complexity index is 864. The molecule has 0 N–H and O–H groups in total. The molecule has 3 rings (SSSR count). The van der Waals surface area contributed by atoms with Crippen molar-refractivity contribution in [3.05, 3.63) is 59.7 Å². The van der Waals surface area contributed by atoms with Gasteiger partial charge in [0.1, 0.15) is 0 Å². The molecular weight excluding hydrogens is 434 g/mol. The van der Waals surface area contributed by atoms with Gasteiger partial charge in [-0.3, -0.25) is 0 Å². The molecule has 0 heterocycles. The predicted octanol–water partition coefficient (Wildman–Crippen LogP) is 10.7. The Hall–Kier alpha value is -2.07. The number of aryl methyl sites for hydroxylation is 2. The summed E-state index contributed by atoms with van der Waals surface area (Å²) >= 11 is 0. The predicted molar refractivity (Wildman–Crippen MR) is 156 cm³/mol. The molecule has 1 aliphatic carbocycles. The van der Waals surface area contributed by atoms with Crippen molar-refractivity contribution in [2.75, 3.05) is 0 Å². The SMILES string of the molecule is CCCCCCCC1CCC(CC(C#N)CCc2ccc(-c3ccc(CCCCC)cc3)cc2)CC1. The fourth-order valence-corrected chi connectivity index (χ4v) is 6.08. The van der Waals surface area contributed by atoms with Crippen molar-refractivity contribution in [2.45, 2.75) is 123 Å². The lowest BCUT2D eigenvalue weighted by molar-refractivity contribution is 0.233. The van der Waals surface area contributed by atoms with E-state index in [1.54, 1.807) is 0 Å². The number of nitrogens with zero attached hydrogens (tertiary/aromatic N) is 1. The van der Waals surface area contributed by atoms with Crippen LogP contribution in [0.25, 0.3) is 11.1 Å². The van der Waals surface area contributed by atoms with Gasteiger partial charge in [0.05, 0.1) is 6.07 Å². The molecule has 0 radical (unpaired) electrons. The van der Waals surface area contributed by atoms with E-state index in [1.807, 2.05) is 0 Å². The highest BCUT2D eigenvalue weighted by Crippen LogP contribution is 2.36. The minimum Gasteiger partial charge on any atom is -0.198 e. The molecule has 1 saturated carbocycles. The first-order valence-corrected chi connectivity index (χ1v) is 15.3. The van der Waals surface area contributed by atoms with E-state index >= 15 is 0 Å². The average molecular weight is 486 g/mol. The standard InChI is InChI=1S/C35H51N/c1-3-5-7-8-10-12-29-13-16-32(17-14-29)27-33(28-36)18-15-31-21-25-35(26-22-31)34-23-19-30(20-24-34)11-9-6-4-2/h19-26,29,32-33H,3-18,27H2,1-2H3. The fraction of sp³-hybridized carbons (Fsp3) is 0.629. The van der Waals surface area contributed by atoms with E-state index in [-0.39, 0.29) is 5.92 Å². The summed E-state index contributed by atoms with van der Waals surface area (Å²) in [6.07, 6.45) is 22.2. The summed E-state index contributed by atoms with van der Waals surface area (Å²) in [6, 6.07) is 20.8. The first kappa shape index (κ1) is 28.5. The van der Waals surface area contributed by atoms with Gasteiger partial charge in [-0.15, -0.1) is 0 Å². The number of rotatable bonds is 16. The molecule has 1 unspecified atom stereocenters. The van der Waals surface area contributed by atoms with Gasteiger partial charge in [0.25, 0.3) is 0 Å². The molecule has 2 aromatic carbocycles. The van der Waals surface area contributed by atoms with Gasteiger partial charge in [0.2, 0.25) is 0 Å². The Kier molecular flexibility index (Phi) is 13.2. The molecule has 0 amide bonds. The van der Waals surface area contributed by atoms with Gasteiger partial charge < -0.3 is 0 Å². The second-order valence-corrected chi connectivity index (χ2v) is 11.5. The molecule has 1 aliphatic rings. The third-order valence-corrected chi connectivity index (χ3v) is 8.57. The monoisotopic (exact) mass is 485 g/mol. The molecule has 0 aliphatic heterocycles. The van der Waals surface area contributed by atoms with E-state index in [0.29, 0.717) is 0 Å². The third kappa shape index (κ3) is 10.1. The molecule has 2 aromatic rings. The highest BCUT2D eigenvalue weighted by Gasteiger charge is 2.23. The van der Waals surface area contributed by atoms with Crippen molar-refractivity contribution in [1.82, 2.24) is 0 Å². The van der Waals surface area contributed by atoms with Gasteiger partial charge in [-0.1, -0.05) is 139 Å². The first-order chi connectivity index (χ1) is 17.7. The lowest BCUT2D eigenvalue weighted by atomic mass is 9.76. The van der Waals surface area contributed by atoms with Gasteiger partial charge in [-0.05, 0) is 66.2 Å². The van der Waals surface area contributed by atoms with E-state index in [0.717, 1.165) is 31.1 Å². The molecule has 0 aromatic heterocycles. The van der Waals surface area contributed by atoms with Crippen LogP contribution in [-0.2, 0) is 12.8 Å². The highest BCUT2D eigenvalue weighted by atomic mass is 14.3. The summed E-state index contributed by atoms with van der Waals surface area (Å²) in [6.45, 7) is 4.55. The highest BCUT2D eigenvalue weighted by molar-refractivity contribution is 5.64. The van der Waals surface area contributed by atoms with Crippen LogP contribution in [0.1, 0.15) is 121 Å². The largest absolute Gasteiger partial charge is 0.198 e. The average Bonchev–Trinajstić information content (AvgIpc) is 2.92. The van der Waals surface area contributed by atoms with Crippen molar-refractivity contribution >= 4 is 0 Å². The fourth-order valence-electron chi connectivity index (χ4n) is 6.08. The van der Waals surface area contributed by atoms with Crippen molar-refractivity contribution < 1.29 is 0 Å². The molecule has 0 saturated heterocycles. The zero-order chi connectivity index (χ0) is 25.4. The summed E-state index contributed by atoms with van der Waals surface area (Å²) in [4.78, 5) is 0. The van der Waals surface area contributed by atoms with Crippen LogP contribution in [0.3, 0.4) is 0 Å². The van der Waals surface area contributed by atoms with Crippen LogP contribution in [-0.4, -0.2) is 0 Å². The van der Waals surface area contributed by atoms with Gasteiger partial charge in [-0.2, -0.15) is 5.26 Å². The number of hydrogen-bond acceptors (Lipinski definition) is 1. The maximum atomic E-state index is 9.81. The Morgan fingerprint density at radius 3 is 1.78 bits per heavy atom. The minimum atomic E-state index is 0.209. The smallest absolute Gasteiger partial charge is 0.0656 e. The lowest BCUT2D eigenvalue weighted by Gasteiger charge is -2.29. The zero-order valence-corrected chi connectivity index (χ0v) is 23.3. The van der Waals surface area contributed by atoms with Crippen molar-refractivity contribution in [1.29, 1.82) is 5.26 Å².